The van der Waals surface area contributed by atoms with Crippen molar-refractivity contribution in [3.05, 3.63) is 48.0 Å². The van der Waals surface area contributed by atoms with Gasteiger partial charge in [-0.15, -0.1) is 0 Å². The maximum absolute atomic E-state index is 10.9. The van der Waals surface area contributed by atoms with Gasteiger partial charge in [-0.25, -0.2) is 0 Å². The SMILES string of the molecule is COC(=O)CCCC/C=C/CCCc1ccccc1. The fourth-order valence-corrected chi connectivity index (χ4v) is 1.94. The molecule has 0 bridgehead atoms. The molecule has 1 rings (SSSR count). The Morgan fingerprint density at radius 3 is 2.42 bits per heavy atom. The molecule has 0 aromatic heterocycles. The summed E-state index contributed by atoms with van der Waals surface area (Å²) in [5.41, 5.74) is 1.41. The molecule has 0 radical (unpaired) electrons. The van der Waals surface area contributed by atoms with Crippen molar-refractivity contribution in [1.82, 2.24) is 0 Å². The number of carbonyl (C=O) groups excluding carboxylic acids is 1. The molecule has 1 aromatic carbocycles. The molecule has 0 atom stereocenters. The quantitative estimate of drug-likeness (QED) is 0.376. The van der Waals surface area contributed by atoms with E-state index < -0.39 is 0 Å². The van der Waals surface area contributed by atoms with Crippen LogP contribution in [-0.4, -0.2) is 13.1 Å². The maximum atomic E-state index is 10.9. The predicted octanol–water partition coefficient (Wildman–Crippen LogP) is 4.30. The van der Waals surface area contributed by atoms with Crippen molar-refractivity contribution in [1.29, 1.82) is 0 Å². The lowest BCUT2D eigenvalue weighted by molar-refractivity contribution is -0.140. The summed E-state index contributed by atoms with van der Waals surface area (Å²) >= 11 is 0. The van der Waals surface area contributed by atoms with Gasteiger partial charge < -0.3 is 4.74 Å². The number of methoxy groups -OCH3 is 1. The topological polar surface area (TPSA) is 26.3 Å². The van der Waals surface area contributed by atoms with E-state index in [4.69, 9.17) is 0 Å². The number of carbonyl (C=O) groups is 1. The summed E-state index contributed by atoms with van der Waals surface area (Å²) in [6.07, 6.45) is 11.5. The first kappa shape index (κ1) is 15.5. The van der Waals surface area contributed by atoms with E-state index >= 15 is 0 Å². The van der Waals surface area contributed by atoms with Gasteiger partial charge in [-0.3, -0.25) is 4.79 Å². The summed E-state index contributed by atoms with van der Waals surface area (Å²) < 4.78 is 4.59. The first-order valence-electron chi connectivity index (χ1n) is 7.08. The zero-order chi connectivity index (χ0) is 13.8. The Morgan fingerprint density at radius 1 is 1.05 bits per heavy atom. The molecule has 0 aliphatic rings. The van der Waals surface area contributed by atoms with E-state index in [-0.39, 0.29) is 5.97 Å². The number of esters is 1. The normalized spacial score (nSPS) is 10.8. The standard InChI is InChI=1S/C17H24O2/c1-19-17(18)15-11-6-4-2-3-5-8-12-16-13-9-7-10-14-16/h2-3,7,9-10,13-14H,4-6,8,11-12,15H2,1H3/b3-2+. The van der Waals surface area contributed by atoms with E-state index in [0.29, 0.717) is 6.42 Å². The van der Waals surface area contributed by atoms with E-state index in [1.165, 1.54) is 19.1 Å². The molecule has 0 aliphatic heterocycles. The minimum atomic E-state index is -0.105. The summed E-state index contributed by atoms with van der Waals surface area (Å²) in [7, 11) is 1.44. The molecule has 1 aromatic rings. The highest BCUT2D eigenvalue weighted by Gasteiger charge is 1.97. The molecule has 0 aliphatic carbocycles. The highest BCUT2D eigenvalue weighted by Crippen LogP contribution is 2.06. The largest absolute Gasteiger partial charge is 0.469 e. The number of aryl methyl sites for hydroxylation is 1. The van der Waals surface area contributed by atoms with Gasteiger partial charge in [0.2, 0.25) is 0 Å². The minimum absolute atomic E-state index is 0.105. The summed E-state index contributed by atoms with van der Waals surface area (Å²) in [6, 6.07) is 10.6. The van der Waals surface area contributed by atoms with Gasteiger partial charge in [0.25, 0.3) is 0 Å². The number of allylic oxidation sites excluding steroid dienone is 2. The van der Waals surface area contributed by atoms with Crippen molar-refractivity contribution in [3.8, 4) is 0 Å². The number of rotatable bonds is 9. The lowest BCUT2D eigenvalue weighted by Gasteiger charge is -1.98. The molecule has 2 heteroatoms. The van der Waals surface area contributed by atoms with Crippen LogP contribution in [0, 0.1) is 0 Å². The van der Waals surface area contributed by atoms with Crippen LogP contribution in [0.5, 0.6) is 0 Å². The molecule has 19 heavy (non-hydrogen) atoms. The molecular formula is C17H24O2. The molecule has 0 heterocycles. The molecule has 0 saturated carbocycles. The lowest BCUT2D eigenvalue weighted by atomic mass is 10.1. The highest BCUT2D eigenvalue weighted by atomic mass is 16.5. The second-order valence-electron chi connectivity index (χ2n) is 4.67. The summed E-state index contributed by atoms with van der Waals surface area (Å²) in [5.74, 6) is -0.105. The van der Waals surface area contributed by atoms with Crippen LogP contribution in [0.4, 0.5) is 0 Å². The van der Waals surface area contributed by atoms with Crippen LogP contribution in [0.3, 0.4) is 0 Å². The number of hydrogen-bond donors (Lipinski definition) is 0. The highest BCUT2D eigenvalue weighted by molar-refractivity contribution is 5.68. The third kappa shape index (κ3) is 8.20. The molecular weight excluding hydrogens is 236 g/mol. The first-order chi connectivity index (χ1) is 9.33. The smallest absolute Gasteiger partial charge is 0.305 e. The van der Waals surface area contributed by atoms with Gasteiger partial charge in [-0.1, -0.05) is 42.5 Å². The van der Waals surface area contributed by atoms with Crippen LogP contribution in [0.1, 0.15) is 44.1 Å². The van der Waals surface area contributed by atoms with E-state index in [9.17, 15) is 4.79 Å². The Morgan fingerprint density at radius 2 is 1.74 bits per heavy atom. The number of hydrogen-bond acceptors (Lipinski definition) is 2. The molecule has 2 nitrogen and oxygen atoms in total. The average Bonchev–Trinajstić information content (AvgIpc) is 2.46. The van der Waals surface area contributed by atoms with Crippen molar-refractivity contribution in [2.45, 2.75) is 44.9 Å². The van der Waals surface area contributed by atoms with Crippen molar-refractivity contribution >= 4 is 5.97 Å². The van der Waals surface area contributed by atoms with Crippen LogP contribution >= 0.6 is 0 Å². The second kappa shape index (κ2) is 10.4. The van der Waals surface area contributed by atoms with Gasteiger partial charge in [-0.2, -0.15) is 0 Å². The van der Waals surface area contributed by atoms with Gasteiger partial charge in [0, 0.05) is 6.42 Å². The zero-order valence-corrected chi connectivity index (χ0v) is 11.8. The molecule has 104 valence electrons. The Hall–Kier alpha value is -1.57. The predicted molar refractivity (Wildman–Crippen MR) is 79.0 cm³/mol. The van der Waals surface area contributed by atoms with Crippen LogP contribution in [0.15, 0.2) is 42.5 Å². The second-order valence-corrected chi connectivity index (χ2v) is 4.67. The van der Waals surface area contributed by atoms with Crippen LogP contribution in [0.25, 0.3) is 0 Å². The monoisotopic (exact) mass is 260 g/mol. The van der Waals surface area contributed by atoms with E-state index in [0.717, 1.165) is 32.1 Å². The maximum Gasteiger partial charge on any atom is 0.305 e. The summed E-state index contributed by atoms with van der Waals surface area (Å²) in [6.45, 7) is 0. The first-order valence-corrected chi connectivity index (χ1v) is 7.08. The van der Waals surface area contributed by atoms with Crippen molar-refractivity contribution in [2.75, 3.05) is 7.11 Å². The lowest BCUT2D eigenvalue weighted by Crippen LogP contribution is -1.98. The van der Waals surface area contributed by atoms with E-state index in [1.54, 1.807) is 0 Å². The van der Waals surface area contributed by atoms with Crippen LogP contribution in [-0.2, 0) is 16.0 Å². The van der Waals surface area contributed by atoms with E-state index in [2.05, 4.69) is 47.2 Å². The molecule has 0 N–H and O–H groups in total. The van der Waals surface area contributed by atoms with Gasteiger partial charge in [0.05, 0.1) is 7.11 Å². The average molecular weight is 260 g/mol. The van der Waals surface area contributed by atoms with Gasteiger partial charge >= 0.3 is 5.97 Å². The van der Waals surface area contributed by atoms with Gasteiger partial charge in [0.1, 0.15) is 0 Å². The molecule has 0 saturated heterocycles. The Balaban J connectivity index is 1.95. The Bertz CT molecular complexity index is 368. The third-order valence-electron chi connectivity index (χ3n) is 3.08. The van der Waals surface area contributed by atoms with Gasteiger partial charge in [0.15, 0.2) is 0 Å². The summed E-state index contributed by atoms with van der Waals surface area (Å²) in [4.78, 5) is 10.9. The van der Waals surface area contributed by atoms with E-state index in [1.807, 2.05) is 0 Å². The fraction of sp³-hybridized carbons (Fsp3) is 0.471. The fourth-order valence-electron chi connectivity index (χ4n) is 1.94. The minimum Gasteiger partial charge on any atom is -0.469 e. The molecule has 0 amide bonds. The van der Waals surface area contributed by atoms with Crippen molar-refractivity contribution < 1.29 is 9.53 Å². The zero-order valence-electron chi connectivity index (χ0n) is 11.8. The van der Waals surface area contributed by atoms with Crippen molar-refractivity contribution in [2.24, 2.45) is 0 Å². The van der Waals surface area contributed by atoms with Crippen LogP contribution < -0.4 is 0 Å². The van der Waals surface area contributed by atoms with Crippen LogP contribution in [0.2, 0.25) is 0 Å². The molecule has 0 unspecified atom stereocenters. The Kier molecular flexibility index (Phi) is 8.45. The molecule has 0 fully saturated rings. The number of unbranched alkanes of at least 4 members (excludes halogenated alkanes) is 3. The molecule has 0 spiro atoms. The van der Waals surface area contributed by atoms with Crippen molar-refractivity contribution in [3.63, 3.8) is 0 Å². The summed E-state index contributed by atoms with van der Waals surface area (Å²) in [5, 5.41) is 0. The number of benzene rings is 1. The third-order valence-corrected chi connectivity index (χ3v) is 3.08. The Labute approximate surface area is 116 Å². The van der Waals surface area contributed by atoms with Gasteiger partial charge in [-0.05, 0) is 44.1 Å². The number of ether oxygens (including phenoxy) is 1.